The van der Waals surface area contributed by atoms with Crippen molar-refractivity contribution in [1.29, 1.82) is 0 Å². The van der Waals surface area contributed by atoms with Crippen LogP contribution in [0.1, 0.15) is 12.5 Å². The molecule has 0 radical (unpaired) electrons. The molecule has 4 rings (SSSR count). The summed E-state index contributed by atoms with van der Waals surface area (Å²) in [5.74, 6) is -0.709. The van der Waals surface area contributed by atoms with Crippen molar-refractivity contribution >= 4 is 28.8 Å². The van der Waals surface area contributed by atoms with Crippen LogP contribution in [-0.2, 0) is 24.9 Å². The lowest BCUT2D eigenvalue weighted by Crippen LogP contribution is -2.44. The van der Waals surface area contributed by atoms with Gasteiger partial charge in [0.2, 0.25) is 5.95 Å². The predicted octanol–water partition coefficient (Wildman–Crippen LogP) is -0.257. The number of carbonyl (C=O) groups excluding carboxylic acids is 1. The molecule has 0 amide bonds. The first-order valence-corrected chi connectivity index (χ1v) is 9.02. The first-order chi connectivity index (χ1) is 13.3. The van der Waals surface area contributed by atoms with E-state index in [0.717, 1.165) is 11.3 Å². The minimum atomic E-state index is -1.49. The maximum atomic E-state index is 12.9. The first kappa shape index (κ1) is 18.0. The van der Waals surface area contributed by atoms with Crippen molar-refractivity contribution in [3.63, 3.8) is 0 Å². The Morgan fingerprint density at radius 2 is 1.89 bits per heavy atom. The summed E-state index contributed by atoms with van der Waals surface area (Å²) in [7, 11) is 1.48. The second-order valence-corrected chi connectivity index (χ2v) is 7.35. The molecule has 3 heterocycles. The second-order valence-electron chi connectivity index (χ2n) is 7.35. The van der Waals surface area contributed by atoms with Gasteiger partial charge in [0, 0.05) is 25.8 Å². The molecule has 1 aromatic carbocycles. The quantitative estimate of drug-likeness (QED) is 0.618. The highest BCUT2D eigenvalue weighted by atomic mass is 16.4. The molecule has 0 spiro atoms. The molecule has 1 atom stereocenters. The van der Waals surface area contributed by atoms with Crippen LogP contribution < -0.4 is 21.3 Å². The van der Waals surface area contributed by atoms with Crippen molar-refractivity contribution in [2.24, 2.45) is 13.0 Å². The van der Waals surface area contributed by atoms with E-state index in [1.165, 1.54) is 11.6 Å². The van der Waals surface area contributed by atoms with E-state index in [-0.39, 0.29) is 17.1 Å². The SMILES string of the molecule is Cc1ccc(N2CC(C)Cn3c2nc2c3c(=O)n(CC(=O)[O-])c(=O)n2C)cc1. The lowest BCUT2D eigenvalue weighted by atomic mass is 10.1. The molecule has 2 aromatic heterocycles. The topological polar surface area (TPSA) is 105 Å². The molecule has 1 aliphatic heterocycles. The highest BCUT2D eigenvalue weighted by Crippen LogP contribution is 2.32. The molecule has 146 valence electrons. The number of rotatable bonds is 3. The molecule has 9 nitrogen and oxygen atoms in total. The van der Waals surface area contributed by atoms with Crippen LogP contribution in [0, 0.1) is 12.8 Å². The van der Waals surface area contributed by atoms with Gasteiger partial charge < -0.3 is 19.4 Å². The number of benzene rings is 1. The molecule has 0 saturated carbocycles. The van der Waals surface area contributed by atoms with Gasteiger partial charge in [0.1, 0.15) is 0 Å². The van der Waals surface area contributed by atoms with E-state index in [2.05, 4.69) is 11.9 Å². The minimum absolute atomic E-state index is 0.220. The van der Waals surface area contributed by atoms with E-state index < -0.39 is 23.8 Å². The van der Waals surface area contributed by atoms with Crippen LogP contribution in [0.5, 0.6) is 0 Å². The first-order valence-electron chi connectivity index (χ1n) is 9.02. The van der Waals surface area contributed by atoms with Crippen LogP contribution in [-0.4, -0.2) is 31.2 Å². The van der Waals surface area contributed by atoms with Gasteiger partial charge in [0.25, 0.3) is 5.56 Å². The van der Waals surface area contributed by atoms with E-state index in [0.29, 0.717) is 23.6 Å². The molecule has 0 aliphatic carbocycles. The average Bonchev–Trinajstić information content (AvgIpc) is 3.03. The number of aryl methyl sites for hydroxylation is 2. The lowest BCUT2D eigenvalue weighted by molar-refractivity contribution is -0.306. The Hall–Kier alpha value is -3.36. The summed E-state index contributed by atoms with van der Waals surface area (Å²) in [5.41, 5.74) is 1.14. The van der Waals surface area contributed by atoms with Crippen LogP contribution >= 0.6 is 0 Å². The van der Waals surface area contributed by atoms with Crippen LogP contribution in [0.4, 0.5) is 11.6 Å². The van der Waals surface area contributed by atoms with Gasteiger partial charge in [0.15, 0.2) is 11.2 Å². The van der Waals surface area contributed by atoms with Crippen LogP contribution in [0.3, 0.4) is 0 Å². The summed E-state index contributed by atoms with van der Waals surface area (Å²) in [6.45, 7) is 4.55. The van der Waals surface area contributed by atoms with Crippen molar-refractivity contribution in [3.05, 3.63) is 50.7 Å². The molecule has 0 saturated heterocycles. The zero-order valence-corrected chi connectivity index (χ0v) is 15.9. The maximum Gasteiger partial charge on any atom is 0.332 e. The van der Waals surface area contributed by atoms with Crippen molar-refractivity contribution in [1.82, 2.24) is 18.7 Å². The third-order valence-corrected chi connectivity index (χ3v) is 5.08. The molecule has 1 unspecified atom stereocenters. The summed E-state index contributed by atoms with van der Waals surface area (Å²) >= 11 is 0. The zero-order valence-electron chi connectivity index (χ0n) is 15.9. The fraction of sp³-hybridized carbons (Fsp3) is 0.368. The maximum absolute atomic E-state index is 12.9. The van der Waals surface area contributed by atoms with Gasteiger partial charge in [-0.15, -0.1) is 0 Å². The van der Waals surface area contributed by atoms with Crippen LogP contribution in [0.25, 0.3) is 11.2 Å². The molecular formula is C19H20N5O4-. The predicted molar refractivity (Wildman–Crippen MR) is 102 cm³/mol. The number of aromatic nitrogens is 4. The number of hydrogen-bond acceptors (Lipinski definition) is 6. The van der Waals surface area contributed by atoms with Gasteiger partial charge in [-0.25, -0.2) is 4.79 Å². The molecule has 0 N–H and O–H groups in total. The van der Waals surface area contributed by atoms with E-state index in [1.807, 2.05) is 36.1 Å². The highest BCUT2D eigenvalue weighted by molar-refractivity contribution is 5.77. The van der Waals surface area contributed by atoms with Crippen LogP contribution in [0.2, 0.25) is 0 Å². The van der Waals surface area contributed by atoms with Crippen molar-refractivity contribution < 1.29 is 9.90 Å². The van der Waals surface area contributed by atoms with Crippen molar-refractivity contribution in [2.75, 3.05) is 11.4 Å². The van der Waals surface area contributed by atoms with E-state index in [1.54, 1.807) is 4.57 Å². The summed E-state index contributed by atoms with van der Waals surface area (Å²) in [5, 5.41) is 11.0. The Labute approximate surface area is 160 Å². The smallest absolute Gasteiger partial charge is 0.332 e. The Morgan fingerprint density at radius 1 is 1.21 bits per heavy atom. The fourth-order valence-corrected chi connectivity index (χ4v) is 3.72. The largest absolute Gasteiger partial charge is 0.548 e. The Morgan fingerprint density at radius 3 is 2.54 bits per heavy atom. The number of nitrogens with zero attached hydrogens (tertiary/aromatic N) is 5. The zero-order chi connectivity index (χ0) is 20.2. The lowest BCUT2D eigenvalue weighted by Gasteiger charge is -2.33. The van der Waals surface area contributed by atoms with Crippen molar-refractivity contribution in [2.45, 2.75) is 26.9 Å². The third-order valence-electron chi connectivity index (χ3n) is 5.08. The summed E-state index contributed by atoms with van der Waals surface area (Å²) < 4.78 is 3.67. The number of carbonyl (C=O) groups is 1. The number of anilines is 2. The molecule has 0 bridgehead atoms. The number of imidazole rings is 1. The second kappa shape index (κ2) is 6.36. The molecule has 28 heavy (non-hydrogen) atoms. The van der Waals surface area contributed by atoms with Gasteiger partial charge in [-0.1, -0.05) is 24.6 Å². The average molecular weight is 382 g/mol. The fourth-order valence-electron chi connectivity index (χ4n) is 3.72. The standard InChI is InChI=1S/C19H21N5O4/c1-11-4-6-13(7-5-11)22-8-12(2)9-23-15-16(20-18(22)23)21(3)19(28)24(17(15)27)10-14(25)26/h4-7,12H,8-10H2,1-3H3,(H,25,26)/p-1. The van der Waals surface area contributed by atoms with Gasteiger partial charge in [0.05, 0.1) is 12.5 Å². The molecular weight excluding hydrogens is 362 g/mol. The summed E-state index contributed by atoms with van der Waals surface area (Å²) in [6, 6.07) is 7.99. The summed E-state index contributed by atoms with van der Waals surface area (Å²) in [4.78, 5) is 43.0. The normalized spacial score (nSPS) is 16.4. The van der Waals surface area contributed by atoms with Crippen LogP contribution in [0.15, 0.2) is 33.9 Å². The van der Waals surface area contributed by atoms with Gasteiger partial charge in [-0.3, -0.25) is 13.9 Å². The highest BCUT2D eigenvalue weighted by Gasteiger charge is 2.29. The number of carboxylic acids is 1. The van der Waals surface area contributed by atoms with Gasteiger partial charge >= 0.3 is 5.69 Å². The van der Waals surface area contributed by atoms with Crippen molar-refractivity contribution in [3.8, 4) is 0 Å². The van der Waals surface area contributed by atoms with E-state index >= 15 is 0 Å². The Bertz CT molecular complexity index is 1200. The Balaban J connectivity index is 2.00. The molecule has 3 aromatic rings. The minimum Gasteiger partial charge on any atom is -0.548 e. The number of aliphatic carboxylic acids is 1. The molecule has 0 fully saturated rings. The number of carboxylic acid groups (broad SMARTS) is 1. The third kappa shape index (κ3) is 2.70. The Kier molecular flexibility index (Phi) is 4.10. The number of hydrogen-bond donors (Lipinski definition) is 0. The van der Waals surface area contributed by atoms with Gasteiger partial charge in [-0.05, 0) is 25.0 Å². The molecule has 1 aliphatic rings. The molecule has 9 heteroatoms. The van der Waals surface area contributed by atoms with E-state index in [4.69, 9.17) is 0 Å². The monoisotopic (exact) mass is 382 g/mol. The van der Waals surface area contributed by atoms with E-state index in [9.17, 15) is 19.5 Å². The number of fused-ring (bicyclic) bond motifs is 3. The summed E-state index contributed by atoms with van der Waals surface area (Å²) in [6.07, 6.45) is 0. The van der Waals surface area contributed by atoms with Gasteiger partial charge in [-0.2, -0.15) is 4.98 Å².